The molecule has 6 nitrogen and oxygen atoms in total. The van der Waals surface area contributed by atoms with Gasteiger partial charge in [-0.2, -0.15) is 0 Å². The van der Waals surface area contributed by atoms with Gasteiger partial charge in [0.2, 0.25) is 0 Å². The highest BCUT2D eigenvalue weighted by Gasteiger charge is 2.06. The second-order valence-corrected chi connectivity index (χ2v) is 5.25. The summed E-state index contributed by atoms with van der Waals surface area (Å²) in [4.78, 5) is 19.7. The van der Waals surface area contributed by atoms with Crippen LogP contribution in [0.2, 0.25) is 0 Å². The first-order chi connectivity index (χ1) is 10.9. The van der Waals surface area contributed by atoms with Crippen molar-refractivity contribution in [1.29, 1.82) is 0 Å². The number of nitrogens with two attached hydrogens (primary N) is 3. The highest BCUT2D eigenvalue weighted by Crippen LogP contribution is 2.14. The molecule has 0 saturated heterocycles. The summed E-state index contributed by atoms with van der Waals surface area (Å²) in [5, 5.41) is 7.98. The third kappa shape index (κ3) is 11.4. The van der Waals surface area contributed by atoms with Gasteiger partial charge in [0.25, 0.3) is 0 Å². The molecule has 0 spiro atoms. The van der Waals surface area contributed by atoms with Crippen LogP contribution >= 0.6 is 0 Å². The van der Waals surface area contributed by atoms with Crippen molar-refractivity contribution in [3.8, 4) is 0 Å². The summed E-state index contributed by atoms with van der Waals surface area (Å²) < 4.78 is 12.1. The maximum atomic E-state index is 12.1. The summed E-state index contributed by atoms with van der Waals surface area (Å²) in [6.45, 7) is -0.00463. The molecule has 130 valence electrons. The number of aldehydes is 1. The Morgan fingerprint density at radius 2 is 1.78 bits per heavy atom. The molecule has 1 aliphatic carbocycles. The summed E-state index contributed by atoms with van der Waals surface area (Å²) in [6, 6.07) is 5.01. The zero-order valence-corrected chi connectivity index (χ0v) is 13.2. The van der Waals surface area contributed by atoms with E-state index in [1.807, 2.05) is 0 Å². The van der Waals surface area contributed by atoms with E-state index in [4.69, 9.17) is 22.3 Å². The maximum Gasteiger partial charge on any atom is 0.321 e. The molecule has 0 aliphatic heterocycles. The molecule has 1 saturated carbocycles. The third-order valence-corrected chi connectivity index (χ3v) is 3.23. The second-order valence-electron chi connectivity index (χ2n) is 5.25. The highest BCUT2D eigenvalue weighted by molar-refractivity contribution is 5.74. The van der Waals surface area contributed by atoms with Gasteiger partial charge in [-0.1, -0.05) is 19.3 Å². The Hall–Kier alpha value is -1.83. The summed E-state index contributed by atoms with van der Waals surface area (Å²) >= 11 is 0. The van der Waals surface area contributed by atoms with Crippen LogP contribution in [0, 0.1) is 5.82 Å². The van der Waals surface area contributed by atoms with Crippen molar-refractivity contribution >= 4 is 12.3 Å². The Balaban J connectivity index is 0.000000320. The molecule has 0 heterocycles. The molecule has 0 bridgehead atoms. The summed E-state index contributed by atoms with van der Waals surface area (Å²) in [7, 11) is 0. The molecule has 23 heavy (non-hydrogen) atoms. The largest absolute Gasteiger partial charge is 0.480 e. The van der Waals surface area contributed by atoms with E-state index in [-0.39, 0.29) is 12.4 Å². The first-order valence-electron chi connectivity index (χ1n) is 7.55. The van der Waals surface area contributed by atoms with Gasteiger partial charge < -0.3 is 22.3 Å². The molecule has 0 amide bonds. The number of benzene rings is 1. The number of aliphatic carboxylic acids is 1. The minimum absolute atomic E-state index is 0.00463. The SMILES string of the molecule is NC1CCCCC1.NC[C@H](N)C(=O)O.O=Cc1ccc(F)cc1. The lowest BCUT2D eigenvalue weighted by Gasteiger charge is -2.15. The molecule has 0 radical (unpaired) electrons. The van der Waals surface area contributed by atoms with Gasteiger partial charge in [0.15, 0.2) is 0 Å². The van der Waals surface area contributed by atoms with Crippen LogP contribution in [0.4, 0.5) is 4.39 Å². The predicted octanol–water partition coefficient (Wildman–Crippen LogP) is 1.27. The minimum Gasteiger partial charge on any atom is -0.480 e. The van der Waals surface area contributed by atoms with Crippen molar-refractivity contribution in [1.82, 2.24) is 0 Å². The van der Waals surface area contributed by atoms with Crippen LogP contribution in [0.15, 0.2) is 24.3 Å². The van der Waals surface area contributed by atoms with E-state index in [1.165, 1.54) is 56.4 Å². The summed E-state index contributed by atoms with van der Waals surface area (Å²) in [5.74, 6) is -1.37. The Bertz CT molecular complexity index is 448. The normalized spacial score (nSPS) is 15.3. The van der Waals surface area contributed by atoms with E-state index in [0.29, 0.717) is 17.9 Å². The van der Waals surface area contributed by atoms with E-state index in [2.05, 4.69) is 0 Å². The second kappa shape index (κ2) is 12.7. The lowest BCUT2D eigenvalue weighted by atomic mass is 9.97. The average molecular weight is 327 g/mol. The summed E-state index contributed by atoms with van der Waals surface area (Å²) in [5.41, 5.74) is 15.9. The third-order valence-electron chi connectivity index (χ3n) is 3.23. The van der Waals surface area contributed by atoms with Crippen molar-refractivity contribution in [2.24, 2.45) is 17.2 Å². The van der Waals surface area contributed by atoms with Crippen molar-refractivity contribution in [3.63, 3.8) is 0 Å². The van der Waals surface area contributed by atoms with Gasteiger partial charge in [-0.15, -0.1) is 0 Å². The standard InChI is InChI=1S/C7H5FO.C6H13N.C3H8N2O2/c8-7-3-1-6(5-9)2-4-7;7-6-4-2-1-3-5-6;4-1-2(5)3(6)7/h1-5H;6H,1-5,7H2;2H,1,4-5H2,(H,6,7)/t;;2-/m..0/s1. The minimum atomic E-state index is -1.05. The van der Waals surface area contributed by atoms with Crippen LogP contribution in [0.25, 0.3) is 0 Å². The Labute approximate surface area is 135 Å². The molecule has 7 N–H and O–H groups in total. The molecule has 7 heteroatoms. The Morgan fingerprint density at radius 3 is 2.04 bits per heavy atom. The molecule has 1 aromatic carbocycles. The Morgan fingerprint density at radius 1 is 1.26 bits per heavy atom. The fourth-order valence-electron chi connectivity index (χ4n) is 1.78. The molecule has 0 aromatic heterocycles. The number of carbonyl (C=O) groups is 2. The number of carbonyl (C=O) groups excluding carboxylic acids is 1. The van der Waals surface area contributed by atoms with Gasteiger partial charge in [0, 0.05) is 18.2 Å². The van der Waals surface area contributed by atoms with Crippen molar-refractivity contribution < 1.29 is 19.1 Å². The monoisotopic (exact) mass is 327 g/mol. The van der Waals surface area contributed by atoms with E-state index >= 15 is 0 Å². The lowest BCUT2D eigenvalue weighted by molar-refractivity contribution is -0.138. The maximum absolute atomic E-state index is 12.1. The molecular weight excluding hydrogens is 301 g/mol. The quantitative estimate of drug-likeness (QED) is 0.618. The van der Waals surface area contributed by atoms with Gasteiger partial charge >= 0.3 is 5.97 Å². The van der Waals surface area contributed by atoms with Gasteiger partial charge in [0.05, 0.1) is 0 Å². The molecule has 2 rings (SSSR count). The van der Waals surface area contributed by atoms with Crippen LogP contribution in [-0.4, -0.2) is 36.0 Å². The van der Waals surface area contributed by atoms with Crippen LogP contribution in [-0.2, 0) is 4.79 Å². The topological polar surface area (TPSA) is 132 Å². The lowest BCUT2D eigenvalue weighted by Crippen LogP contribution is -2.37. The molecule has 1 atom stereocenters. The molecule has 1 aromatic rings. The van der Waals surface area contributed by atoms with Crippen molar-refractivity contribution in [2.45, 2.75) is 44.2 Å². The Kier molecular flexibility index (Phi) is 11.7. The highest BCUT2D eigenvalue weighted by atomic mass is 19.1. The fourth-order valence-corrected chi connectivity index (χ4v) is 1.78. The average Bonchev–Trinajstić information content (AvgIpc) is 2.56. The number of hydrogen-bond donors (Lipinski definition) is 4. The zero-order valence-electron chi connectivity index (χ0n) is 13.2. The van der Waals surface area contributed by atoms with E-state index in [0.717, 1.165) is 0 Å². The first kappa shape index (κ1) is 21.2. The first-order valence-corrected chi connectivity index (χ1v) is 7.55. The van der Waals surface area contributed by atoms with E-state index < -0.39 is 12.0 Å². The number of hydrogen-bond acceptors (Lipinski definition) is 5. The van der Waals surface area contributed by atoms with E-state index in [9.17, 15) is 14.0 Å². The molecule has 1 fully saturated rings. The fraction of sp³-hybridized carbons (Fsp3) is 0.500. The zero-order chi connectivity index (χ0) is 17.7. The van der Waals surface area contributed by atoms with Crippen LogP contribution in [0.5, 0.6) is 0 Å². The number of rotatable bonds is 3. The number of carboxylic acids is 1. The van der Waals surface area contributed by atoms with E-state index in [1.54, 1.807) is 0 Å². The van der Waals surface area contributed by atoms with Crippen LogP contribution < -0.4 is 17.2 Å². The van der Waals surface area contributed by atoms with Crippen LogP contribution in [0.1, 0.15) is 42.5 Å². The van der Waals surface area contributed by atoms with Crippen molar-refractivity contribution in [2.75, 3.05) is 6.54 Å². The molecule has 0 unspecified atom stereocenters. The van der Waals surface area contributed by atoms with Gasteiger partial charge in [0.1, 0.15) is 18.1 Å². The van der Waals surface area contributed by atoms with Crippen LogP contribution in [0.3, 0.4) is 0 Å². The molecule has 1 aliphatic rings. The van der Waals surface area contributed by atoms with Crippen molar-refractivity contribution in [3.05, 3.63) is 35.6 Å². The molecular formula is C16H26FN3O3. The van der Waals surface area contributed by atoms with Gasteiger partial charge in [-0.3, -0.25) is 9.59 Å². The number of carboxylic acid groups (broad SMARTS) is 1. The predicted molar refractivity (Wildman–Crippen MR) is 87.5 cm³/mol. The van der Waals surface area contributed by atoms with Gasteiger partial charge in [-0.05, 0) is 37.1 Å². The summed E-state index contributed by atoms with van der Waals surface area (Å²) in [6.07, 6.45) is 7.34. The van der Waals surface area contributed by atoms with Gasteiger partial charge in [-0.25, -0.2) is 4.39 Å². The number of halogens is 1. The smallest absolute Gasteiger partial charge is 0.321 e.